The minimum atomic E-state index is -4.67. The molecule has 2 rings (SSSR count). The van der Waals surface area contributed by atoms with E-state index in [1.54, 1.807) is 0 Å². The molecular formula is C19H31Cl2N5O10S. The quantitative estimate of drug-likeness (QED) is 0.222. The fourth-order valence-corrected chi connectivity index (χ4v) is 3.10. The topological polar surface area (TPSA) is 206 Å². The predicted molar refractivity (Wildman–Crippen MR) is 139 cm³/mol. The summed E-state index contributed by atoms with van der Waals surface area (Å²) in [5.74, 6) is 0.380. The molecule has 2 aromatic rings. The number of rotatable bonds is 5. The molecule has 212 valence electrons. The zero-order chi connectivity index (χ0) is 28.7. The van der Waals surface area contributed by atoms with Crippen LogP contribution in [0, 0.1) is 22.0 Å². The molecular weight excluding hydrogens is 561 g/mol. The van der Waals surface area contributed by atoms with Crippen molar-refractivity contribution in [2.45, 2.75) is 48.2 Å². The fraction of sp³-hybridized carbons (Fsp3) is 0.579. The summed E-state index contributed by atoms with van der Waals surface area (Å²) in [7, 11) is -2.04. The van der Waals surface area contributed by atoms with E-state index in [2.05, 4.69) is 0 Å². The molecule has 0 saturated heterocycles. The minimum absolute atomic E-state index is 0. The van der Waals surface area contributed by atoms with Crippen LogP contribution in [0.4, 0.5) is 5.69 Å². The van der Waals surface area contributed by atoms with Gasteiger partial charge in [-0.15, -0.1) is 0 Å². The monoisotopic (exact) mass is 591 g/mol. The van der Waals surface area contributed by atoms with E-state index in [0.29, 0.717) is 17.0 Å². The summed E-state index contributed by atoms with van der Waals surface area (Å²) in [6, 6.07) is 1.26. The number of nitrogens with zero attached hydrogens (tertiary/aromatic N) is 5. The van der Waals surface area contributed by atoms with Gasteiger partial charge < -0.3 is 0 Å². The molecule has 0 bridgehead atoms. The predicted octanol–water partition coefficient (Wildman–Crippen LogP) is 1.60. The van der Waals surface area contributed by atoms with E-state index in [1.807, 2.05) is 27.7 Å². The van der Waals surface area contributed by atoms with Crippen molar-refractivity contribution >= 4 is 39.3 Å². The molecule has 0 spiro atoms. The van der Waals surface area contributed by atoms with Gasteiger partial charge in [0.25, 0.3) is 5.56 Å². The summed E-state index contributed by atoms with van der Waals surface area (Å²) in [6.45, 7) is 8.36. The maximum Gasteiger partial charge on any atom is 0.394 e. The maximum absolute atomic E-state index is 11.7. The van der Waals surface area contributed by atoms with Crippen LogP contribution in [0.25, 0.3) is 0 Å². The molecule has 2 heterocycles. The van der Waals surface area contributed by atoms with Crippen molar-refractivity contribution in [3.05, 3.63) is 68.2 Å². The highest BCUT2D eigenvalue weighted by Gasteiger charge is 2.25. The first-order valence-electron chi connectivity index (χ1n) is 10.0. The van der Waals surface area contributed by atoms with Crippen molar-refractivity contribution in [1.29, 1.82) is 0 Å². The first-order valence-corrected chi connectivity index (χ1v) is 12.2. The van der Waals surface area contributed by atoms with Crippen LogP contribution in [-0.4, -0.2) is 40.7 Å². The van der Waals surface area contributed by atoms with E-state index >= 15 is 0 Å². The van der Waals surface area contributed by atoms with Crippen LogP contribution >= 0.6 is 23.2 Å². The first kappa shape index (κ1) is 36.4. The van der Waals surface area contributed by atoms with Gasteiger partial charge in [0.1, 0.15) is 5.15 Å². The lowest BCUT2D eigenvalue weighted by molar-refractivity contribution is -0.386. The van der Waals surface area contributed by atoms with Crippen molar-refractivity contribution in [2.24, 2.45) is 25.9 Å². The zero-order valence-corrected chi connectivity index (χ0v) is 22.5. The van der Waals surface area contributed by atoms with Gasteiger partial charge in [-0.3, -0.25) is 47.1 Å². The van der Waals surface area contributed by atoms with Crippen LogP contribution in [0.15, 0.2) is 25.2 Å². The van der Waals surface area contributed by atoms with Crippen molar-refractivity contribution < 1.29 is 22.4 Å². The molecule has 18 heteroatoms. The number of hydrogen-bond donors (Lipinski definition) is 2. The third-order valence-electron chi connectivity index (χ3n) is 4.08. The number of halogens is 2. The Morgan fingerprint density at radius 3 is 1.68 bits per heavy atom. The van der Waals surface area contributed by atoms with Gasteiger partial charge in [-0.2, -0.15) is 8.42 Å². The number of aromatic nitrogens is 4. The average molecular weight is 592 g/mol. The second-order valence-corrected chi connectivity index (χ2v) is 9.79. The first-order chi connectivity index (χ1) is 16.2. The normalized spacial score (nSPS) is 10.7. The molecule has 0 amide bonds. The van der Waals surface area contributed by atoms with Gasteiger partial charge in [0.05, 0.1) is 4.92 Å². The molecule has 0 radical (unpaired) electrons. The van der Waals surface area contributed by atoms with E-state index < -0.39 is 37.4 Å². The maximum atomic E-state index is 11.7. The average Bonchev–Trinajstić information content (AvgIpc) is 2.70. The molecule has 0 aliphatic carbocycles. The molecule has 0 unspecified atom stereocenters. The Morgan fingerprint density at radius 2 is 1.30 bits per heavy atom. The van der Waals surface area contributed by atoms with E-state index in [-0.39, 0.29) is 36.3 Å². The van der Waals surface area contributed by atoms with Crippen molar-refractivity contribution in [2.75, 3.05) is 0 Å². The van der Waals surface area contributed by atoms with E-state index in [9.17, 15) is 29.3 Å². The number of nitro groups is 1. The third kappa shape index (κ3) is 11.4. The van der Waals surface area contributed by atoms with Gasteiger partial charge in [0.2, 0.25) is 0 Å². The highest BCUT2D eigenvalue weighted by Crippen LogP contribution is 2.18. The molecule has 2 N–H and O–H groups in total. The SMILES string of the molecule is C.CC(C)Cn1c(Cl)c([N+](=O)[O-])c(=O)n(C)c1=O.CC(C)Cn1c(Cl)cc(=O)n(C)c1=O.O=S(=O)(O)O. The van der Waals surface area contributed by atoms with E-state index in [4.69, 9.17) is 40.7 Å². The second-order valence-electron chi connectivity index (χ2n) is 8.15. The molecule has 0 aromatic carbocycles. The van der Waals surface area contributed by atoms with E-state index in [1.165, 1.54) is 24.7 Å². The lowest BCUT2D eigenvalue weighted by Gasteiger charge is -2.11. The molecule has 0 aliphatic heterocycles. The lowest BCUT2D eigenvalue weighted by atomic mass is 10.2. The molecule has 15 nitrogen and oxygen atoms in total. The van der Waals surface area contributed by atoms with Crippen LogP contribution in [0.3, 0.4) is 0 Å². The molecule has 0 fully saturated rings. The smallest absolute Gasteiger partial charge is 0.283 e. The molecule has 2 aromatic heterocycles. The van der Waals surface area contributed by atoms with Gasteiger partial charge in [-0.1, -0.05) is 58.3 Å². The zero-order valence-electron chi connectivity index (χ0n) is 20.2. The number of hydrogen-bond acceptors (Lipinski definition) is 8. The fourth-order valence-electron chi connectivity index (χ4n) is 2.58. The largest absolute Gasteiger partial charge is 0.394 e. The van der Waals surface area contributed by atoms with Gasteiger partial charge >= 0.3 is 33.0 Å². The van der Waals surface area contributed by atoms with Crippen LogP contribution in [0.2, 0.25) is 10.3 Å². The molecule has 0 saturated carbocycles. The summed E-state index contributed by atoms with van der Waals surface area (Å²) in [5.41, 5.74) is -3.16. The Kier molecular flexibility index (Phi) is 14.6. The second kappa shape index (κ2) is 14.8. The third-order valence-corrected chi connectivity index (χ3v) is 4.78. The Hall–Kier alpha value is -2.79. The van der Waals surface area contributed by atoms with Gasteiger partial charge in [0, 0.05) is 33.3 Å². The molecule has 0 atom stereocenters. The van der Waals surface area contributed by atoms with Gasteiger partial charge in [0.15, 0.2) is 5.15 Å². The highest BCUT2D eigenvalue weighted by molar-refractivity contribution is 7.79. The summed E-state index contributed by atoms with van der Waals surface area (Å²) in [6.07, 6.45) is 0. The Morgan fingerprint density at radius 1 is 0.919 bits per heavy atom. The Bertz CT molecular complexity index is 1430. The summed E-state index contributed by atoms with van der Waals surface area (Å²) >= 11 is 11.5. The van der Waals surface area contributed by atoms with Crippen molar-refractivity contribution in [3.63, 3.8) is 0 Å². The van der Waals surface area contributed by atoms with Crippen LogP contribution in [0.1, 0.15) is 35.1 Å². The van der Waals surface area contributed by atoms with Gasteiger partial charge in [-0.05, 0) is 11.8 Å². The lowest BCUT2D eigenvalue weighted by Crippen LogP contribution is -2.40. The van der Waals surface area contributed by atoms with Crippen molar-refractivity contribution in [3.8, 4) is 0 Å². The highest BCUT2D eigenvalue weighted by atomic mass is 35.5. The summed E-state index contributed by atoms with van der Waals surface area (Å²) in [4.78, 5) is 55.9. The standard InChI is InChI=1S/C9H12ClN3O4.C9H13ClN2O2.CH4.H2O4S/c1-5(2)4-12-7(10)6(13(16)17)8(14)11(3)9(12)15;1-6(2)5-12-7(10)4-8(13)11(3)9(12)14;;1-5(2,3)4/h5H,4H2,1-3H3;4,6H,5H2,1-3H3;1H4;(H2,1,2,3,4). The summed E-state index contributed by atoms with van der Waals surface area (Å²) < 4.78 is 35.8. The summed E-state index contributed by atoms with van der Waals surface area (Å²) in [5, 5.41) is 10.5. The minimum Gasteiger partial charge on any atom is -0.283 e. The van der Waals surface area contributed by atoms with Crippen LogP contribution in [0.5, 0.6) is 0 Å². The van der Waals surface area contributed by atoms with Crippen molar-refractivity contribution in [1.82, 2.24) is 18.3 Å². The Balaban J connectivity index is 0. The van der Waals surface area contributed by atoms with Crippen LogP contribution in [-0.2, 0) is 37.6 Å². The Labute approximate surface area is 222 Å². The van der Waals surface area contributed by atoms with E-state index in [0.717, 1.165) is 9.13 Å². The van der Waals surface area contributed by atoms with Crippen LogP contribution < -0.4 is 22.5 Å². The molecule has 0 aliphatic rings. The molecule has 37 heavy (non-hydrogen) atoms. The van der Waals surface area contributed by atoms with Gasteiger partial charge in [-0.25, -0.2) is 9.59 Å².